The average Bonchev–Trinajstić information content (AvgIpc) is 2.33. The van der Waals surface area contributed by atoms with Crippen molar-refractivity contribution in [2.75, 3.05) is 0 Å². The molecule has 1 fully saturated rings. The van der Waals surface area contributed by atoms with Gasteiger partial charge in [0.05, 0.1) is 0 Å². The van der Waals surface area contributed by atoms with Gasteiger partial charge in [0.15, 0.2) is 0 Å². The van der Waals surface area contributed by atoms with Gasteiger partial charge in [-0.2, -0.15) is 0 Å². The summed E-state index contributed by atoms with van der Waals surface area (Å²) in [6.45, 7) is 6.28. The number of aryl methyl sites for hydroxylation is 1. The summed E-state index contributed by atoms with van der Waals surface area (Å²) < 4.78 is 13.0. The van der Waals surface area contributed by atoms with E-state index in [-0.39, 0.29) is 17.8 Å². The Labute approximate surface area is 114 Å². The molecule has 1 N–H and O–H groups in total. The zero-order chi connectivity index (χ0) is 14.0. The van der Waals surface area contributed by atoms with Crippen LogP contribution in [-0.4, -0.2) is 11.9 Å². The van der Waals surface area contributed by atoms with Crippen LogP contribution in [0.15, 0.2) is 18.2 Å². The molecule has 1 amide bonds. The molecule has 2 nitrogen and oxygen atoms in total. The number of carbonyl (C=O) groups is 1. The van der Waals surface area contributed by atoms with E-state index in [4.69, 9.17) is 0 Å². The van der Waals surface area contributed by atoms with Crippen LogP contribution >= 0.6 is 0 Å². The van der Waals surface area contributed by atoms with Gasteiger partial charge >= 0.3 is 0 Å². The highest BCUT2D eigenvalue weighted by atomic mass is 19.1. The summed E-state index contributed by atoms with van der Waals surface area (Å²) in [7, 11) is 0. The Hall–Kier alpha value is -1.38. The second-order valence-electron chi connectivity index (χ2n) is 5.90. The van der Waals surface area contributed by atoms with Crippen molar-refractivity contribution in [1.82, 2.24) is 5.32 Å². The second kappa shape index (κ2) is 5.72. The van der Waals surface area contributed by atoms with Crippen molar-refractivity contribution in [3.05, 3.63) is 35.1 Å². The fourth-order valence-electron chi connectivity index (χ4n) is 2.82. The number of amides is 1. The van der Waals surface area contributed by atoms with Crippen LogP contribution in [0.4, 0.5) is 4.39 Å². The van der Waals surface area contributed by atoms with Crippen molar-refractivity contribution >= 4 is 5.91 Å². The van der Waals surface area contributed by atoms with Crippen LogP contribution < -0.4 is 5.32 Å². The van der Waals surface area contributed by atoms with Gasteiger partial charge in [0.1, 0.15) is 5.82 Å². The summed E-state index contributed by atoms with van der Waals surface area (Å²) in [5.41, 5.74) is 1.27. The maximum absolute atomic E-state index is 13.0. The highest BCUT2D eigenvalue weighted by Gasteiger charge is 2.26. The van der Waals surface area contributed by atoms with E-state index < -0.39 is 0 Å². The third-order valence-electron chi connectivity index (χ3n) is 4.37. The van der Waals surface area contributed by atoms with Crippen molar-refractivity contribution in [3.63, 3.8) is 0 Å². The molecule has 1 aromatic rings. The molecule has 1 saturated carbocycles. The summed E-state index contributed by atoms with van der Waals surface area (Å²) in [6, 6.07) is 4.56. The first kappa shape index (κ1) is 14.0. The van der Waals surface area contributed by atoms with E-state index in [0.717, 1.165) is 25.2 Å². The predicted octanol–water partition coefficient (Wildman–Crippen LogP) is 3.69. The van der Waals surface area contributed by atoms with Gasteiger partial charge < -0.3 is 5.32 Å². The third-order valence-corrected chi connectivity index (χ3v) is 4.37. The van der Waals surface area contributed by atoms with Crippen LogP contribution in [0.2, 0.25) is 0 Å². The summed E-state index contributed by atoms with van der Waals surface area (Å²) in [4.78, 5) is 12.2. The first-order valence-corrected chi connectivity index (χ1v) is 7.04. The average molecular weight is 263 g/mol. The highest BCUT2D eigenvalue weighted by Crippen LogP contribution is 2.29. The summed E-state index contributed by atoms with van der Waals surface area (Å²) in [5, 5.41) is 3.09. The number of hydrogen-bond acceptors (Lipinski definition) is 1. The van der Waals surface area contributed by atoms with E-state index >= 15 is 0 Å². The van der Waals surface area contributed by atoms with Crippen molar-refractivity contribution < 1.29 is 9.18 Å². The minimum absolute atomic E-state index is 0.0794. The highest BCUT2D eigenvalue weighted by molar-refractivity contribution is 5.95. The smallest absolute Gasteiger partial charge is 0.251 e. The number of nitrogens with one attached hydrogen (secondary N) is 1. The quantitative estimate of drug-likeness (QED) is 0.866. The Balaban J connectivity index is 2.01. The lowest BCUT2D eigenvalue weighted by atomic mass is 9.79. The molecule has 1 aliphatic rings. The van der Waals surface area contributed by atoms with E-state index in [9.17, 15) is 9.18 Å². The van der Waals surface area contributed by atoms with Crippen molar-refractivity contribution in [2.45, 2.75) is 46.1 Å². The van der Waals surface area contributed by atoms with Gasteiger partial charge in [-0.3, -0.25) is 4.79 Å². The molecule has 3 heteroatoms. The molecule has 0 spiro atoms. The Kier molecular flexibility index (Phi) is 4.23. The van der Waals surface area contributed by atoms with E-state index in [0.29, 0.717) is 17.0 Å². The largest absolute Gasteiger partial charge is 0.349 e. The topological polar surface area (TPSA) is 29.1 Å². The summed E-state index contributed by atoms with van der Waals surface area (Å²) in [6.07, 6.45) is 3.24. The number of carbonyl (C=O) groups excluding carboxylic acids is 1. The Morgan fingerprint density at radius 3 is 2.63 bits per heavy atom. The second-order valence-corrected chi connectivity index (χ2v) is 5.90. The van der Waals surface area contributed by atoms with Gasteiger partial charge in [-0.15, -0.1) is 0 Å². The lowest BCUT2D eigenvalue weighted by Crippen LogP contribution is -2.40. The van der Waals surface area contributed by atoms with Crippen molar-refractivity contribution in [1.29, 1.82) is 0 Å². The van der Waals surface area contributed by atoms with Crippen LogP contribution in [0.5, 0.6) is 0 Å². The first-order chi connectivity index (χ1) is 8.97. The fraction of sp³-hybridized carbons (Fsp3) is 0.562. The summed E-state index contributed by atoms with van der Waals surface area (Å²) in [5.74, 6) is 1.01. The van der Waals surface area contributed by atoms with Crippen LogP contribution in [0.1, 0.15) is 49.0 Å². The van der Waals surface area contributed by atoms with Gasteiger partial charge in [-0.25, -0.2) is 4.39 Å². The normalized spacial score (nSPS) is 27.1. The van der Waals surface area contributed by atoms with Crippen LogP contribution in [0.25, 0.3) is 0 Å². The molecular formula is C16H22FNO. The SMILES string of the molecule is Cc1cc(F)ccc1C(=O)NC1CCC(C)C(C)C1. The number of rotatable bonds is 2. The zero-order valence-corrected chi connectivity index (χ0v) is 11.9. The van der Waals surface area contributed by atoms with Crippen molar-refractivity contribution in [3.8, 4) is 0 Å². The molecule has 0 heterocycles. The van der Waals surface area contributed by atoms with Gasteiger partial charge in [-0.05, 0) is 61.8 Å². The number of benzene rings is 1. The molecule has 3 unspecified atom stereocenters. The Bertz CT molecular complexity index is 472. The van der Waals surface area contributed by atoms with Gasteiger partial charge in [-0.1, -0.05) is 13.8 Å². The van der Waals surface area contributed by atoms with Crippen molar-refractivity contribution in [2.24, 2.45) is 11.8 Å². The molecular weight excluding hydrogens is 241 g/mol. The van der Waals surface area contributed by atoms with E-state index in [1.165, 1.54) is 12.1 Å². The first-order valence-electron chi connectivity index (χ1n) is 7.04. The monoisotopic (exact) mass is 263 g/mol. The van der Waals surface area contributed by atoms with E-state index in [1.54, 1.807) is 13.0 Å². The third kappa shape index (κ3) is 3.34. The molecule has 0 saturated heterocycles. The maximum atomic E-state index is 13.0. The van der Waals surface area contributed by atoms with E-state index in [1.807, 2.05) is 0 Å². The number of hydrogen-bond donors (Lipinski definition) is 1. The van der Waals surface area contributed by atoms with Crippen LogP contribution in [0.3, 0.4) is 0 Å². The standard InChI is InChI=1S/C16H22FNO/c1-10-4-6-14(9-11(10)2)18-16(19)15-7-5-13(17)8-12(15)3/h5,7-8,10-11,14H,4,6,9H2,1-3H3,(H,18,19). The molecule has 104 valence electrons. The number of halogens is 1. The molecule has 2 rings (SSSR count). The predicted molar refractivity (Wildman–Crippen MR) is 74.6 cm³/mol. The Morgan fingerprint density at radius 2 is 2.00 bits per heavy atom. The lowest BCUT2D eigenvalue weighted by molar-refractivity contribution is 0.0910. The van der Waals surface area contributed by atoms with Gasteiger partial charge in [0, 0.05) is 11.6 Å². The molecule has 0 radical (unpaired) electrons. The fourth-order valence-corrected chi connectivity index (χ4v) is 2.82. The Morgan fingerprint density at radius 1 is 1.26 bits per heavy atom. The minimum atomic E-state index is -0.297. The molecule has 1 aliphatic carbocycles. The molecule has 1 aromatic carbocycles. The van der Waals surface area contributed by atoms with E-state index in [2.05, 4.69) is 19.2 Å². The van der Waals surface area contributed by atoms with Crippen LogP contribution in [-0.2, 0) is 0 Å². The van der Waals surface area contributed by atoms with Gasteiger partial charge in [0.25, 0.3) is 5.91 Å². The zero-order valence-electron chi connectivity index (χ0n) is 11.9. The lowest BCUT2D eigenvalue weighted by Gasteiger charge is -2.32. The molecule has 0 aliphatic heterocycles. The van der Waals surface area contributed by atoms with Crippen LogP contribution in [0, 0.1) is 24.6 Å². The summed E-state index contributed by atoms with van der Waals surface area (Å²) >= 11 is 0. The molecule has 0 bridgehead atoms. The molecule has 19 heavy (non-hydrogen) atoms. The minimum Gasteiger partial charge on any atom is -0.349 e. The maximum Gasteiger partial charge on any atom is 0.251 e. The molecule has 0 aromatic heterocycles. The van der Waals surface area contributed by atoms with Gasteiger partial charge in [0.2, 0.25) is 0 Å². The molecule has 3 atom stereocenters.